The van der Waals surface area contributed by atoms with Crippen molar-refractivity contribution in [3.05, 3.63) is 34.4 Å². The number of carbonyl (C=O) groups excluding carboxylic acids is 2. The zero-order valence-electron chi connectivity index (χ0n) is 12.7. The van der Waals surface area contributed by atoms with Crippen molar-refractivity contribution in [3.8, 4) is 11.5 Å². The fourth-order valence-corrected chi connectivity index (χ4v) is 2.24. The van der Waals surface area contributed by atoms with Crippen molar-refractivity contribution < 1.29 is 28.9 Å². The number of aldehydes is 1. The van der Waals surface area contributed by atoms with E-state index in [-0.39, 0.29) is 35.7 Å². The third-order valence-corrected chi connectivity index (χ3v) is 3.29. The van der Waals surface area contributed by atoms with E-state index >= 15 is 0 Å². The Hall–Kier alpha value is -2.34. The quantitative estimate of drug-likeness (QED) is 0.508. The van der Waals surface area contributed by atoms with Crippen LogP contribution >= 0.6 is 0 Å². The maximum Gasteiger partial charge on any atom is 0.340 e. The molecule has 6 nitrogen and oxygen atoms in total. The minimum absolute atomic E-state index is 0.0414. The van der Waals surface area contributed by atoms with Crippen LogP contribution in [0.4, 0.5) is 0 Å². The Labute approximate surface area is 128 Å². The number of hydrogen-bond donors (Lipinski definition) is 1. The largest absolute Gasteiger partial charge is 0.492 e. The molecule has 1 aromatic carbocycles. The molecule has 22 heavy (non-hydrogen) atoms. The standard InChI is InChI=1S/C16H18O6/c1-9(2)4-5-21-13-6-11-10(7-14(18)22-16(11)19)12(8-17)15(13)20-3/h4,6,8,14,18H,5,7H2,1-3H3. The van der Waals surface area contributed by atoms with E-state index in [0.29, 0.717) is 11.8 Å². The van der Waals surface area contributed by atoms with Gasteiger partial charge in [-0.05, 0) is 31.6 Å². The molecule has 1 atom stereocenters. The van der Waals surface area contributed by atoms with Crippen LogP contribution in [-0.4, -0.2) is 37.4 Å². The number of rotatable bonds is 5. The summed E-state index contributed by atoms with van der Waals surface area (Å²) >= 11 is 0. The smallest absolute Gasteiger partial charge is 0.340 e. The fourth-order valence-electron chi connectivity index (χ4n) is 2.24. The predicted octanol–water partition coefficient (Wildman–Crippen LogP) is 1.88. The molecule has 1 aliphatic rings. The van der Waals surface area contributed by atoms with Crippen molar-refractivity contribution in [3.63, 3.8) is 0 Å². The fraction of sp³-hybridized carbons (Fsp3) is 0.375. The zero-order valence-corrected chi connectivity index (χ0v) is 12.7. The summed E-state index contributed by atoms with van der Waals surface area (Å²) in [5.41, 5.74) is 1.89. The van der Waals surface area contributed by atoms with Crippen molar-refractivity contribution in [1.29, 1.82) is 0 Å². The highest BCUT2D eigenvalue weighted by Crippen LogP contribution is 2.37. The molecule has 0 saturated carbocycles. The van der Waals surface area contributed by atoms with E-state index in [4.69, 9.17) is 14.2 Å². The van der Waals surface area contributed by atoms with Crippen LogP contribution in [0.5, 0.6) is 11.5 Å². The van der Waals surface area contributed by atoms with E-state index in [2.05, 4.69) is 0 Å². The average Bonchev–Trinajstić information content (AvgIpc) is 2.46. The summed E-state index contributed by atoms with van der Waals surface area (Å²) in [6.07, 6.45) is 1.23. The van der Waals surface area contributed by atoms with E-state index in [9.17, 15) is 14.7 Å². The molecular weight excluding hydrogens is 288 g/mol. The summed E-state index contributed by atoms with van der Waals surface area (Å²) in [6.45, 7) is 4.15. The summed E-state index contributed by atoms with van der Waals surface area (Å²) in [7, 11) is 1.42. The van der Waals surface area contributed by atoms with Gasteiger partial charge in [0.15, 0.2) is 17.8 Å². The molecule has 0 bridgehead atoms. The number of cyclic esters (lactones) is 1. The lowest BCUT2D eigenvalue weighted by Gasteiger charge is -2.24. The van der Waals surface area contributed by atoms with Gasteiger partial charge in [-0.2, -0.15) is 0 Å². The number of aliphatic hydroxyl groups is 1. The van der Waals surface area contributed by atoms with E-state index < -0.39 is 12.3 Å². The summed E-state index contributed by atoms with van der Waals surface area (Å²) in [5, 5.41) is 9.54. The molecule has 0 aromatic heterocycles. The van der Waals surface area contributed by atoms with Gasteiger partial charge in [-0.25, -0.2) is 4.79 Å². The highest BCUT2D eigenvalue weighted by Gasteiger charge is 2.31. The van der Waals surface area contributed by atoms with Gasteiger partial charge in [-0.1, -0.05) is 5.57 Å². The van der Waals surface area contributed by atoms with Crippen LogP contribution in [0.1, 0.15) is 40.1 Å². The third kappa shape index (κ3) is 3.12. The van der Waals surface area contributed by atoms with Crippen LogP contribution in [0, 0.1) is 0 Å². The molecule has 0 saturated heterocycles. The van der Waals surface area contributed by atoms with Crippen LogP contribution in [0.3, 0.4) is 0 Å². The predicted molar refractivity (Wildman–Crippen MR) is 78.4 cm³/mol. The van der Waals surface area contributed by atoms with Gasteiger partial charge in [0.2, 0.25) is 6.29 Å². The molecule has 1 N–H and O–H groups in total. The molecule has 2 rings (SSSR count). The van der Waals surface area contributed by atoms with Gasteiger partial charge in [0.25, 0.3) is 0 Å². The van der Waals surface area contributed by atoms with Crippen molar-refractivity contribution in [2.75, 3.05) is 13.7 Å². The van der Waals surface area contributed by atoms with Crippen LogP contribution in [-0.2, 0) is 11.2 Å². The number of hydrogen-bond acceptors (Lipinski definition) is 6. The minimum atomic E-state index is -1.26. The van der Waals surface area contributed by atoms with Crippen LogP contribution in [0.15, 0.2) is 17.7 Å². The van der Waals surface area contributed by atoms with Crippen molar-refractivity contribution >= 4 is 12.3 Å². The molecule has 0 spiro atoms. The molecule has 1 aliphatic heterocycles. The number of carbonyl (C=O) groups is 2. The Bertz CT molecular complexity index is 628. The molecule has 0 aliphatic carbocycles. The van der Waals surface area contributed by atoms with Crippen LogP contribution in [0.2, 0.25) is 0 Å². The van der Waals surface area contributed by atoms with Crippen LogP contribution < -0.4 is 9.47 Å². The van der Waals surface area contributed by atoms with E-state index in [0.717, 1.165) is 5.57 Å². The Kier molecular flexibility index (Phi) is 4.82. The Morgan fingerprint density at radius 2 is 2.23 bits per heavy atom. The maximum atomic E-state index is 11.9. The van der Waals surface area contributed by atoms with Crippen LogP contribution in [0.25, 0.3) is 0 Å². The monoisotopic (exact) mass is 306 g/mol. The number of benzene rings is 1. The molecule has 0 amide bonds. The van der Waals surface area contributed by atoms with Gasteiger partial charge >= 0.3 is 5.97 Å². The Morgan fingerprint density at radius 3 is 2.82 bits per heavy atom. The zero-order chi connectivity index (χ0) is 16.3. The highest BCUT2D eigenvalue weighted by molar-refractivity contribution is 5.97. The second kappa shape index (κ2) is 6.62. The first kappa shape index (κ1) is 16.0. The summed E-state index contributed by atoms with van der Waals surface area (Å²) < 4.78 is 15.6. The summed E-state index contributed by atoms with van der Waals surface area (Å²) in [4.78, 5) is 23.3. The lowest BCUT2D eigenvalue weighted by molar-refractivity contribution is -0.0688. The second-order valence-corrected chi connectivity index (χ2v) is 5.12. The second-order valence-electron chi connectivity index (χ2n) is 5.12. The number of ether oxygens (including phenoxy) is 3. The molecule has 0 fully saturated rings. The van der Waals surface area contributed by atoms with Gasteiger partial charge in [0.05, 0.1) is 18.2 Å². The number of allylic oxidation sites excluding steroid dienone is 1. The van der Waals surface area contributed by atoms with E-state index in [1.165, 1.54) is 13.2 Å². The average molecular weight is 306 g/mol. The first-order valence-electron chi connectivity index (χ1n) is 6.82. The minimum Gasteiger partial charge on any atom is -0.492 e. The third-order valence-electron chi connectivity index (χ3n) is 3.29. The topological polar surface area (TPSA) is 82.1 Å². The molecule has 1 unspecified atom stereocenters. The molecule has 118 valence electrons. The molecule has 0 radical (unpaired) electrons. The first-order valence-corrected chi connectivity index (χ1v) is 6.82. The molecular formula is C16H18O6. The van der Waals surface area contributed by atoms with Gasteiger partial charge in [0.1, 0.15) is 6.61 Å². The highest BCUT2D eigenvalue weighted by atomic mass is 16.6. The molecule has 6 heteroatoms. The van der Waals surface area contributed by atoms with Gasteiger partial charge in [-0.15, -0.1) is 0 Å². The maximum absolute atomic E-state index is 11.9. The number of methoxy groups -OCH3 is 1. The van der Waals surface area contributed by atoms with Crippen molar-refractivity contribution in [2.24, 2.45) is 0 Å². The van der Waals surface area contributed by atoms with E-state index in [1.54, 1.807) is 0 Å². The summed E-state index contributed by atoms with van der Waals surface area (Å²) in [5.74, 6) is -0.154. The molecule has 1 aromatic rings. The van der Waals surface area contributed by atoms with Crippen molar-refractivity contribution in [1.82, 2.24) is 0 Å². The van der Waals surface area contributed by atoms with Crippen molar-refractivity contribution in [2.45, 2.75) is 26.6 Å². The normalized spacial score (nSPS) is 16.4. The lowest BCUT2D eigenvalue weighted by Crippen LogP contribution is -2.28. The Morgan fingerprint density at radius 1 is 1.50 bits per heavy atom. The van der Waals surface area contributed by atoms with Gasteiger partial charge in [-0.3, -0.25) is 4.79 Å². The number of aliphatic hydroxyl groups excluding tert-OH is 1. The molecule has 1 heterocycles. The number of esters is 1. The van der Waals surface area contributed by atoms with Gasteiger partial charge in [0, 0.05) is 6.42 Å². The summed E-state index contributed by atoms with van der Waals surface area (Å²) in [6, 6.07) is 1.48. The Balaban J connectivity index is 2.51. The van der Waals surface area contributed by atoms with E-state index in [1.807, 2.05) is 19.9 Å². The SMILES string of the molecule is COc1c(OCC=C(C)C)cc2c(c1C=O)CC(O)OC2=O. The first-order chi connectivity index (χ1) is 10.5. The van der Waals surface area contributed by atoms with Gasteiger partial charge < -0.3 is 19.3 Å². The number of fused-ring (bicyclic) bond motifs is 1. The lowest BCUT2D eigenvalue weighted by atomic mass is 9.95.